The number of carbonyl (C=O) groups excluding carboxylic acids is 2. The number of anilines is 1. The van der Waals surface area contributed by atoms with Gasteiger partial charge < -0.3 is 9.74 Å². The van der Waals surface area contributed by atoms with Crippen molar-refractivity contribution in [1.29, 1.82) is 0 Å². The fourth-order valence-electron chi connectivity index (χ4n) is 2.55. The van der Waals surface area contributed by atoms with Crippen molar-refractivity contribution in [3.8, 4) is 0 Å². The first-order chi connectivity index (χ1) is 12.0. The van der Waals surface area contributed by atoms with E-state index >= 15 is 0 Å². The number of carbonyl (C=O) groups is 2. The van der Waals surface area contributed by atoms with Gasteiger partial charge in [0.15, 0.2) is 5.71 Å². The van der Waals surface area contributed by atoms with Crippen molar-refractivity contribution in [2.24, 2.45) is 5.16 Å². The molecule has 3 rings (SSSR count). The van der Waals surface area contributed by atoms with Gasteiger partial charge in [-0.3, -0.25) is 4.79 Å². The van der Waals surface area contributed by atoms with Gasteiger partial charge in [-0.1, -0.05) is 53.2 Å². The van der Waals surface area contributed by atoms with Gasteiger partial charge in [0.25, 0.3) is 5.91 Å². The molecule has 0 fully saturated rings. The summed E-state index contributed by atoms with van der Waals surface area (Å²) in [5.74, 6) is -1.01. The standard InChI is InChI=1S/C19H17ClN2O3/c1-12-7-9-14(10-8-12)11-22-16-6-4-3-5-15(16)17(18(22)23)21-25-19(24)13(2)20/h3-10,13H,11H2,1-2H3. The summed E-state index contributed by atoms with van der Waals surface area (Å²) in [6.45, 7) is 3.91. The number of halogens is 1. The average molecular weight is 357 g/mol. The maximum atomic E-state index is 12.8. The molecule has 0 saturated carbocycles. The first-order valence-corrected chi connectivity index (χ1v) is 8.30. The fraction of sp³-hybridized carbons (Fsp3) is 0.211. The number of rotatable bonds is 4. The molecule has 0 bridgehead atoms. The zero-order valence-electron chi connectivity index (χ0n) is 13.9. The number of oxime groups is 1. The highest BCUT2D eigenvalue weighted by atomic mass is 35.5. The Hall–Kier alpha value is -2.66. The van der Waals surface area contributed by atoms with Gasteiger partial charge in [-0.25, -0.2) is 4.79 Å². The zero-order chi connectivity index (χ0) is 18.0. The summed E-state index contributed by atoms with van der Waals surface area (Å²) in [6, 6.07) is 15.2. The number of hydrogen-bond acceptors (Lipinski definition) is 4. The van der Waals surface area contributed by atoms with Crippen LogP contribution in [-0.4, -0.2) is 23.0 Å². The van der Waals surface area contributed by atoms with Gasteiger partial charge in [0.2, 0.25) is 0 Å². The molecule has 6 heteroatoms. The Morgan fingerprint density at radius 2 is 1.88 bits per heavy atom. The lowest BCUT2D eigenvalue weighted by Crippen LogP contribution is -2.30. The molecule has 0 radical (unpaired) electrons. The number of para-hydroxylation sites is 1. The molecule has 25 heavy (non-hydrogen) atoms. The minimum atomic E-state index is -0.834. The van der Waals surface area contributed by atoms with Crippen molar-refractivity contribution in [3.05, 3.63) is 65.2 Å². The molecule has 1 heterocycles. The lowest BCUT2D eigenvalue weighted by atomic mass is 10.1. The number of amides is 1. The summed E-state index contributed by atoms with van der Waals surface area (Å²) < 4.78 is 0. The Balaban J connectivity index is 1.91. The van der Waals surface area contributed by atoms with Crippen LogP contribution in [0.3, 0.4) is 0 Å². The summed E-state index contributed by atoms with van der Waals surface area (Å²) in [6.07, 6.45) is 0. The van der Waals surface area contributed by atoms with Crippen molar-refractivity contribution in [2.75, 3.05) is 4.90 Å². The van der Waals surface area contributed by atoms with Crippen LogP contribution in [0.4, 0.5) is 5.69 Å². The van der Waals surface area contributed by atoms with E-state index in [2.05, 4.69) is 5.16 Å². The number of benzene rings is 2. The van der Waals surface area contributed by atoms with Crippen LogP contribution in [0.1, 0.15) is 23.6 Å². The molecule has 2 aromatic rings. The van der Waals surface area contributed by atoms with E-state index in [0.29, 0.717) is 12.1 Å². The lowest BCUT2D eigenvalue weighted by molar-refractivity contribution is -0.142. The van der Waals surface area contributed by atoms with Gasteiger partial charge in [0.1, 0.15) is 5.38 Å². The Bertz CT molecular complexity index is 844. The van der Waals surface area contributed by atoms with E-state index in [9.17, 15) is 9.59 Å². The summed E-state index contributed by atoms with van der Waals surface area (Å²) in [5, 5.41) is 2.93. The minimum Gasteiger partial charge on any atom is -0.316 e. The molecule has 0 aliphatic carbocycles. The number of hydrogen-bond donors (Lipinski definition) is 0. The summed E-state index contributed by atoms with van der Waals surface area (Å²) in [7, 11) is 0. The van der Waals surface area contributed by atoms with Crippen LogP contribution >= 0.6 is 11.6 Å². The highest BCUT2D eigenvalue weighted by Crippen LogP contribution is 2.30. The van der Waals surface area contributed by atoms with Crippen molar-refractivity contribution in [3.63, 3.8) is 0 Å². The van der Waals surface area contributed by atoms with Crippen molar-refractivity contribution < 1.29 is 14.4 Å². The molecule has 1 amide bonds. The van der Waals surface area contributed by atoms with E-state index in [1.54, 1.807) is 11.0 Å². The number of fused-ring (bicyclic) bond motifs is 1. The molecule has 5 nitrogen and oxygen atoms in total. The van der Waals surface area contributed by atoms with Crippen molar-refractivity contribution in [2.45, 2.75) is 25.8 Å². The molecule has 2 aromatic carbocycles. The van der Waals surface area contributed by atoms with Gasteiger partial charge in [0.05, 0.1) is 12.2 Å². The van der Waals surface area contributed by atoms with E-state index in [1.807, 2.05) is 49.4 Å². The van der Waals surface area contributed by atoms with Gasteiger partial charge in [-0.2, -0.15) is 0 Å². The average Bonchev–Trinajstić information content (AvgIpc) is 2.86. The first kappa shape index (κ1) is 17.2. The molecule has 1 aliphatic heterocycles. The third-order valence-corrected chi connectivity index (χ3v) is 4.09. The second-order valence-corrected chi connectivity index (χ2v) is 6.51. The second kappa shape index (κ2) is 7.07. The van der Waals surface area contributed by atoms with E-state index in [1.165, 1.54) is 6.92 Å². The Morgan fingerprint density at radius 1 is 1.20 bits per heavy atom. The predicted molar refractivity (Wildman–Crippen MR) is 96.8 cm³/mol. The van der Waals surface area contributed by atoms with Crippen LogP contribution < -0.4 is 4.90 Å². The van der Waals surface area contributed by atoms with Crippen molar-refractivity contribution in [1.82, 2.24) is 0 Å². The highest BCUT2D eigenvalue weighted by Gasteiger charge is 2.34. The Kier molecular flexibility index (Phi) is 4.86. The molecule has 1 aliphatic rings. The molecule has 0 spiro atoms. The van der Waals surface area contributed by atoms with Crippen LogP contribution in [0.5, 0.6) is 0 Å². The molecule has 128 valence electrons. The van der Waals surface area contributed by atoms with Crippen molar-refractivity contribution >= 4 is 34.9 Å². The third kappa shape index (κ3) is 3.56. The van der Waals surface area contributed by atoms with E-state index in [-0.39, 0.29) is 11.6 Å². The molecule has 0 saturated heterocycles. The van der Waals surface area contributed by atoms with Crippen LogP contribution in [0, 0.1) is 6.92 Å². The van der Waals surface area contributed by atoms with Gasteiger partial charge in [-0.15, -0.1) is 11.6 Å². The van der Waals surface area contributed by atoms with Gasteiger partial charge in [-0.05, 0) is 25.5 Å². The largest absolute Gasteiger partial charge is 0.352 e. The summed E-state index contributed by atoms with van der Waals surface area (Å²) >= 11 is 5.66. The van der Waals surface area contributed by atoms with Gasteiger partial charge >= 0.3 is 5.97 Å². The molecule has 0 N–H and O–H groups in total. The molecular formula is C19H17ClN2O3. The molecule has 0 aromatic heterocycles. The van der Waals surface area contributed by atoms with E-state index in [0.717, 1.165) is 16.8 Å². The Morgan fingerprint density at radius 3 is 2.56 bits per heavy atom. The molecular weight excluding hydrogens is 340 g/mol. The Labute approximate surface area is 150 Å². The van der Waals surface area contributed by atoms with Gasteiger partial charge in [0, 0.05) is 5.56 Å². The summed E-state index contributed by atoms with van der Waals surface area (Å²) in [4.78, 5) is 30.7. The highest BCUT2D eigenvalue weighted by molar-refractivity contribution is 6.54. The van der Waals surface area contributed by atoms with Crippen LogP contribution in [0.25, 0.3) is 0 Å². The number of alkyl halides is 1. The number of aryl methyl sites for hydroxylation is 1. The summed E-state index contributed by atoms with van der Waals surface area (Å²) in [5.41, 5.74) is 3.63. The van der Waals surface area contributed by atoms with Crippen LogP contribution in [0.15, 0.2) is 53.7 Å². The van der Waals surface area contributed by atoms with Crippen LogP contribution in [0.2, 0.25) is 0 Å². The minimum absolute atomic E-state index is 0.105. The lowest BCUT2D eigenvalue weighted by Gasteiger charge is -2.16. The smallest absolute Gasteiger partial charge is 0.316 e. The quantitative estimate of drug-likeness (QED) is 0.479. The van der Waals surface area contributed by atoms with Crippen LogP contribution in [-0.2, 0) is 21.0 Å². The zero-order valence-corrected chi connectivity index (χ0v) is 14.7. The SMILES string of the molecule is Cc1ccc(CN2C(=O)C(=NOC(=O)C(C)Cl)c3ccccc32)cc1. The number of nitrogens with zero attached hydrogens (tertiary/aromatic N) is 2. The predicted octanol–water partition coefficient (Wildman–Crippen LogP) is 3.42. The molecule has 1 unspecified atom stereocenters. The monoisotopic (exact) mass is 356 g/mol. The first-order valence-electron chi connectivity index (χ1n) is 7.87. The van der Waals surface area contributed by atoms with E-state index in [4.69, 9.17) is 16.4 Å². The van der Waals surface area contributed by atoms with E-state index < -0.39 is 11.3 Å². The maximum Gasteiger partial charge on any atom is 0.352 e. The second-order valence-electron chi connectivity index (χ2n) is 5.86. The fourth-order valence-corrected chi connectivity index (χ4v) is 2.59. The molecule has 1 atom stereocenters. The topological polar surface area (TPSA) is 59.0 Å². The maximum absolute atomic E-state index is 12.8. The normalized spacial score (nSPS) is 16.0. The third-order valence-electron chi connectivity index (χ3n) is 3.91.